The highest BCUT2D eigenvalue weighted by molar-refractivity contribution is 7.13. The summed E-state index contributed by atoms with van der Waals surface area (Å²) >= 11 is 2.54. The molecule has 0 aliphatic carbocycles. The molecule has 10 heteroatoms. The molecule has 0 spiro atoms. The Balaban J connectivity index is 1.61. The minimum atomic E-state index is -0.506. The van der Waals surface area contributed by atoms with E-state index >= 15 is 0 Å². The lowest BCUT2D eigenvalue weighted by molar-refractivity contribution is -0.117. The molecule has 3 aromatic heterocycles. The second-order valence-electron chi connectivity index (χ2n) is 5.41. The molecule has 3 N–H and O–H groups in total. The first-order chi connectivity index (χ1) is 12.6. The maximum Gasteiger partial charge on any atom is 0.290 e. The van der Waals surface area contributed by atoms with E-state index in [0.717, 1.165) is 21.3 Å². The third kappa shape index (κ3) is 3.07. The van der Waals surface area contributed by atoms with Crippen molar-refractivity contribution in [1.29, 1.82) is 0 Å². The van der Waals surface area contributed by atoms with Gasteiger partial charge in [-0.05, 0) is 29.6 Å². The minimum absolute atomic E-state index is 0.0435. The van der Waals surface area contributed by atoms with Crippen LogP contribution < -0.4 is 16.6 Å². The van der Waals surface area contributed by atoms with Crippen molar-refractivity contribution in [1.82, 2.24) is 18.5 Å². The van der Waals surface area contributed by atoms with Crippen LogP contribution in [0.2, 0.25) is 0 Å². The number of hydrogen-bond acceptors (Lipinski definition) is 8. The van der Waals surface area contributed by atoms with E-state index in [4.69, 9.17) is 5.73 Å². The zero-order chi connectivity index (χ0) is 18.1. The number of aromatic nitrogens is 4. The molecule has 8 nitrogen and oxygen atoms in total. The zero-order valence-corrected chi connectivity index (χ0v) is 14.9. The average molecular weight is 384 g/mol. The lowest BCUT2D eigenvalue weighted by Crippen LogP contribution is -2.31. The predicted molar refractivity (Wildman–Crippen MR) is 102 cm³/mol. The Morgan fingerprint density at radius 1 is 1.23 bits per heavy atom. The van der Waals surface area contributed by atoms with Crippen molar-refractivity contribution in [2.75, 3.05) is 11.1 Å². The fourth-order valence-electron chi connectivity index (χ4n) is 2.45. The van der Waals surface area contributed by atoms with Crippen molar-refractivity contribution >= 4 is 51.4 Å². The third-order valence-electron chi connectivity index (χ3n) is 3.63. The molecular formula is C16H12N6O2S2. The Morgan fingerprint density at radius 3 is 2.92 bits per heavy atom. The van der Waals surface area contributed by atoms with Crippen LogP contribution in [-0.4, -0.2) is 24.4 Å². The summed E-state index contributed by atoms with van der Waals surface area (Å²) in [7, 11) is 0. The second kappa shape index (κ2) is 6.65. The number of carbonyl (C=O) groups is 1. The van der Waals surface area contributed by atoms with Gasteiger partial charge in [0, 0.05) is 0 Å². The molecule has 0 saturated heterocycles. The second-order valence-corrected chi connectivity index (χ2v) is 6.89. The van der Waals surface area contributed by atoms with Crippen LogP contribution >= 0.6 is 23.1 Å². The Bertz CT molecular complexity index is 1150. The van der Waals surface area contributed by atoms with Crippen molar-refractivity contribution in [2.45, 2.75) is 6.54 Å². The first-order valence-corrected chi connectivity index (χ1v) is 9.15. The molecule has 0 atom stereocenters. The largest absolute Gasteiger partial charge is 0.394 e. The van der Waals surface area contributed by atoms with E-state index in [1.807, 2.05) is 23.6 Å². The normalized spacial score (nSPS) is 10.9. The van der Waals surface area contributed by atoms with Crippen LogP contribution in [0.4, 0.5) is 11.4 Å². The van der Waals surface area contributed by atoms with Gasteiger partial charge in [-0.25, -0.2) is 4.68 Å². The summed E-state index contributed by atoms with van der Waals surface area (Å²) in [6.07, 6.45) is 0. The smallest absolute Gasteiger partial charge is 0.290 e. The van der Waals surface area contributed by atoms with Gasteiger partial charge in [0.1, 0.15) is 29.0 Å². The van der Waals surface area contributed by atoms with Crippen LogP contribution in [0, 0.1) is 0 Å². The van der Waals surface area contributed by atoms with Crippen molar-refractivity contribution in [3.05, 3.63) is 52.1 Å². The van der Waals surface area contributed by atoms with Crippen LogP contribution in [0.5, 0.6) is 0 Å². The molecule has 26 heavy (non-hydrogen) atoms. The number of anilines is 2. The number of rotatable bonds is 4. The summed E-state index contributed by atoms with van der Waals surface area (Å²) in [6, 6.07) is 10.6. The number of hydrogen-bond donors (Lipinski definition) is 2. The van der Waals surface area contributed by atoms with E-state index in [1.54, 1.807) is 12.1 Å². The fraction of sp³-hybridized carbons (Fsp3) is 0.0625. The number of nitrogens with one attached hydrogen (secondary N) is 1. The summed E-state index contributed by atoms with van der Waals surface area (Å²) in [6.45, 7) is -0.254. The van der Waals surface area contributed by atoms with Crippen LogP contribution in [0.25, 0.3) is 21.6 Å². The number of carbonyl (C=O) groups excluding carboxylic acids is 1. The van der Waals surface area contributed by atoms with Crippen LogP contribution in [0.3, 0.4) is 0 Å². The first kappa shape index (κ1) is 16.4. The number of benzene rings is 1. The van der Waals surface area contributed by atoms with E-state index in [0.29, 0.717) is 22.4 Å². The Hall–Kier alpha value is -3.11. The predicted octanol–water partition coefficient (Wildman–Crippen LogP) is 2.20. The van der Waals surface area contributed by atoms with Gasteiger partial charge in [-0.1, -0.05) is 12.1 Å². The topological polar surface area (TPSA) is 116 Å². The molecule has 3 heterocycles. The third-order valence-corrected chi connectivity index (χ3v) is 5.06. The summed E-state index contributed by atoms with van der Waals surface area (Å²) in [5.74, 6) is -0.400. The molecule has 0 aliphatic heterocycles. The van der Waals surface area contributed by atoms with Crippen molar-refractivity contribution in [3.63, 3.8) is 0 Å². The summed E-state index contributed by atoms with van der Waals surface area (Å²) < 4.78 is 9.37. The summed E-state index contributed by atoms with van der Waals surface area (Å²) in [4.78, 5) is 25.5. The van der Waals surface area contributed by atoms with Gasteiger partial charge in [0.25, 0.3) is 5.56 Å². The number of nitrogens with zero attached hydrogens (tertiary/aromatic N) is 4. The monoisotopic (exact) mass is 384 g/mol. The van der Waals surface area contributed by atoms with Crippen molar-refractivity contribution in [2.24, 2.45) is 0 Å². The molecule has 0 aliphatic rings. The van der Waals surface area contributed by atoms with E-state index < -0.39 is 11.5 Å². The first-order valence-electron chi connectivity index (χ1n) is 7.54. The summed E-state index contributed by atoms with van der Waals surface area (Å²) in [5, 5.41) is 8.91. The zero-order valence-electron chi connectivity index (χ0n) is 13.2. The highest BCUT2D eigenvalue weighted by atomic mass is 32.1. The number of fused-ring (bicyclic) bond motifs is 1. The SMILES string of the molecule is Nc1cc(-c2cccs2)nn(CC(=O)Nc2cccc3nsnc23)c1=O. The van der Waals surface area contributed by atoms with Crippen molar-refractivity contribution < 1.29 is 4.79 Å². The van der Waals surface area contributed by atoms with E-state index in [2.05, 4.69) is 19.2 Å². The van der Waals surface area contributed by atoms with Gasteiger partial charge in [0.05, 0.1) is 22.3 Å². The van der Waals surface area contributed by atoms with Gasteiger partial charge < -0.3 is 11.1 Å². The minimum Gasteiger partial charge on any atom is -0.394 e. The molecule has 0 fully saturated rings. The standard InChI is InChI=1S/C16H12N6O2S2/c17-9-7-12(13-5-2-6-25-13)19-22(16(9)24)8-14(23)18-10-3-1-4-11-15(10)21-26-20-11/h1-7H,8,17H2,(H,18,23). The number of nitrogen functional groups attached to an aromatic ring is 1. The average Bonchev–Trinajstić information content (AvgIpc) is 3.30. The van der Waals surface area contributed by atoms with Gasteiger partial charge >= 0.3 is 0 Å². The molecule has 4 aromatic rings. The molecule has 4 rings (SSSR count). The molecule has 1 amide bonds. The lowest BCUT2D eigenvalue weighted by Gasteiger charge is -2.09. The maximum absolute atomic E-state index is 12.4. The van der Waals surface area contributed by atoms with Gasteiger partial charge in [-0.3, -0.25) is 9.59 Å². The highest BCUT2D eigenvalue weighted by Gasteiger charge is 2.13. The van der Waals surface area contributed by atoms with Crippen LogP contribution in [-0.2, 0) is 11.3 Å². The van der Waals surface area contributed by atoms with E-state index in [9.17, 15) is 9.59 Å². The van der Waals surface area contributed by atoms with Gasteiger partial charge in [-0.2, -0.15) is 13.8 Å². The van der Waals surface area contributed by atoms with E-state index in [-0.39, 0.29) is 12.2 Å². The molecule has 0 saturated carbocycles. The van der Waals surface area contributed by atoms with Gasteiger partial charge in [0.15, 0.2) is 0 Å². The van der Waals surface area contributed by atoms with Crippen molar-refractivity contribution in [3.8, 4) is 10.6 Å². The van der Waals surface area contributed by atoms with Crippen LogP contribution in [0.15, 0.2) is 46.6 Å². The number of amides is 1. The Morgan fingerprint density at radius 2 is 2.12 bits per heavy atom. The molecule has 0 bridgehead atoms. The Labute approximate surface area is 155 Å². The molecule has 0 radical (unpaired) electrons. The highest BCUT2D eigenvalue weighted by Crippen LogP contribution is 2.23. The van der Waals surface area contributed by atoms with Crippen LogP contribution in [0.1, 0.15) is 0 Å². The molecule has 1 aromatic carbocycles. The van der Waals surface area contributed by atoms with Gasteiger partial charge in [0.2, 0.25) is 5.91 Å². The molecular weight excluding hydrogens is 372 g/mol. The Kier molecular flexibility index (Phi) is 4.19. The fourth-order valence-corrected chi connectivity index (χ4v) is 3.68. The van der Waals surface area contributed by atoms with Gasteiger partial charge in [-0.15, -0.1) is 11.3 Å². The molecule has 0 unspecified atom stereocenters. The maximum atomic E-state index is 12.4. The number of thiophene rings is 1. The number of nitrogens with two attached hydrogens (primary N) is 1. The lowest BCUT2D eigenvalue weighted by atomic mass is 10.2. The van der Waals surface area contributed by atoms with E-state index in [1.165, 1.54) is 17.4 Å². The summed E-state index contributed by atoms with van der Waals surface area (Å²) in [5.41, 5.74) is 7.74. The molecule has 130 valence electrons. The quantitative estimate of drug-likeness (QED) is 0.557.